The van der Waals surface area contributed by atoms with Crippen molar-refractivity contribution < 1.29 is 0 Å². The summed E-state index contributed by atoms with van der Waals surface area (Å²) >= 11 is 0. The van der Waals surface area contributed by atoms with Gasteiger partial charge in [-0.1, -0.05) is 49.8 Å². The van der Waals surface area contributed by atoms with E-state index >= 15 is 0 Å². The second kappa shape index (κ2) is 7.11. The van der Waals surface area contributed by atoms with Crippen molar-refractivity contribution in [1.82, 2.24) is 5.01 Å². The van der Waals surface area contributed by atoms with E-state index in [1.807, 2.05) is 24.1 Å². The lowest BCUT2D eigenvalue weighted by Crippen LogP contribution is -2.17. The third-order valence-corrected chi connectivity index (χ3v) is 3.70. The molecule has 0 saturated heterocycles. The van der Waals surface area contributed by atoms with Gasteiger partial charge in [-0.05, 0) is 37.5 Å². The first-order valence-corrected chi connectivity index (χ1v) is 7.66. The number of nitrogens with zero attached hydrogens (tertiary/aromatic N) is 2. The van der Waals surface area contributed by atoms with E-state index in [2.05, 4.69) is 49.3 Å². The summed E-state index contributed by atoms with van der Waals surface area (Å²) < 4.78 is 0. The summed E-state index contributed by atoms with van der Waals surface area (Å²) in [6.07, 6.45) is 9.19. The van der Waals surface area contributed by atoms with Gasteiger partial charge in [-0.3, -0.25) is 5.01 Å². The molecule has 1 aromatic rings. The Morgan fingerprint density at radius 2 is 2.29 bits per heavy atom. The van der Waals surface area contributed by atoms with Crippen LogP contribution in [0, 0.1) is 0 Å². The average molecular weight is 283 g/mol. The van der Waals surface area contributed by atoms with Gasteiger partial charge in [0.05, 0.1) is 6.04 Å². The smallest absolute Gasteiger partial charge is 0.122 e. The van der Waals surface area contributed by atoms with Gasteiger partial charge >= 0.3 is 0 Å². The third-order valence-electron chi connectivity index (χ3n) is 3.70. The topological polar surface area (TPSA) is 41.6 Å². The van der Waals surface area contributed by atoms with E-state index in [4.69, 9.17) is 5.73 Å². The molecule has 1 atom stereocenters. The van der Waals surface area contributed by atoms with Crippen LogP contribution in [0.1, 0.15) is 50.8 Å². The van der Waals surface area contributed by atoms with Crippen LogP contribution >= 0.6 is 0 Å². The Hall–Kier alpha value is -2.03. The summed E-state index contributed by atoms with van der Waals surface area (Å²) in [5.41, 5.74) is 9.76. The van der Waals surface area contributed by atoms with Gasteiger partial charge in [0.25, 0.3) is 0 Å². The highest BCUT2D eigenvalue weighted by Gasteiger charge is 2.27. The summed E-state index contributed by atoms with van der Waals surface area (Å²) in [5, 5.41) is 6.54. The van der Waals surface area contributed by atoms with Crippen molar-refractivity contribution >= 4 is 5.84 Å². The van der Waals surface area contributed by atoms with Crippen LogP contribution in [0.15, 0.2) is 53.3 Å². The zero-order valence-electron chi connectivity index (χ0n) is 13.2. The van der Waals surface area contributed by atoms with Crippen molar-refractivity contribution in [2.75, 3.05) is 0 Å². The van der Waals surface area contributed by atoms with Gasteiger partial charge in [-0.25, -0.2) is 0 Å². The monoisotopic (exact) mass is 283 g/mol. The van der Waals surface area contributed by atoms with E-state index in [-0.39, 0.29) is 6.04 Å². The van der Waals surface area contributed by atoms with Crippen molar-refractivity contribution in [1.29, 1.82) is 0 Å². The molecule has 1 aliphatic heterocycles. The molecule has 0 amide bonds. The lowest BCUT2D eigenvalue weighted by molar-refractivity contribution is 0.300. The van der Waals surface area contributed by atoms with Gasteiger partial charge in [-0.2, -0.15) is 5.10 Å². The Balaban J connectivity index is 2.27. The zero-order valence-corrected chi connectivity index (χ0v) is 13.2. The maximum Gasteiger partial charge on any atom is 0.122 e. The number of hydrogen-bond acceptors (Lipinski definition) is 3. The summed E-state index contributed by atoms with van der Waals surface area (Å²) in [6, 6.07) is 9.01. The van der Waals surface area contributed by atoms with Crippen molar-refractivity contribution in [2.45, 2.75) is 46.1 Å². The van der Waals surface area contributed by atoms with Crippen molar-refractivity contribution in [3.8, 4) is 0 Å². The molecule has 3 heteroatoms. The maximum absolute atomic E-state index is 5.98. The number of aryl methyl sites for hydroxylation is 1. The molecule has 1 unspecified atom stereocenters. The minimum absolute atomic E-state index is 0.211. The maximum atomic E-state index is 5.98. The molecular weight excluding hydrogens is 258 g/mol. The number of hydrazone groups is 1. The molecular formula is C18H25N3. The van der Waals surface area contributed by atoms with Crippen LogP contribution in [-0.2, 0) is 6.42 Å². The van der Waals surface area contributed by atoms with Crippen LogP contribution in [0.25, 0.3) is 0 Å². The summed E-state index contributed by atoms with van der Waals surface area (Å²) in [7, 11) is 0. The Bertz CT molecular complexity index is 570. The van der Waals surface area contributed by atoms with Crippen LogP contribution in [0.2, 0.25) is 0 Å². The molecule has 0 fully saturated rings. The molecule has 1 aromatic carbocycles. The second-order valence-corrected chi connectivity index (χ2v) is 5.48. The molecule has 1 aliphatic rings. The number of hydrogen-bond donors (Lipinski definition) is 1. The van der Waals surface area contributed by atoms with Gasteiger partial charge in [0, 0.05) is 12.1 Å². The largest absolute Gasteiger partial charge is 0.386 e. The lowest BCUT2D eigenvalue weighted by atomic mass is 9.99. The molecule has 0 radical (unpaired) electrons. The molecule has 1 heterocycles. The molecule has 3 nitrogen and oxygen atoms in total. The van der Waals surface area contributed by atoms with Crippen LogP contribution in [0.5, 0.6) is 0 Å². The summed E-state index contributed by atoms with van der Waals surface area (Å²) in [6.45, 7) is 6.29. The van der Waals surface area contributed by atoms with Gasteiger partial charge in [0.15, 0.2) is 0 Å². The molecule has 21 heavy (non-hydrogen) atoms. The number of rotatable bonds is 5. The number of allylic oxidation sites excluding steroid dienone is 4. The molecule has 2 rings (SSSR count). The Kier molecular flexibility index (Phi) is 5.20. The van der Waals surface area contributed by atoms with Crippen LogP contribution in [0.4, 0.5) is 0 Å². The molecule has 0 aromatic heterocycles. The van der Waals surface area contributed by atoms with Crippen molar-refractivity contribution in [2.24, 2.45) is 10.8 Å². The first kappa shape index (κ1) is 15.4. The van der Waals surface area contributed by atoms with Gasteiger partial charge in [0.2, 0.25) is 0 Å². The molecule has 0 aliphatic carbocycles. The fourth-order valence-electron chi connectivity index (χ4n) is 2.67. The lowest BCUT2D eigenvalue weighted by Gasteiger charge is -2.24. The second-order valence-electron chi connectivity index (χ2n) is 5.48. The van der Waals surface area contributed by atoms with E-state index in [1.54, 1.807) is 0 Å². The van der Waals surface area contributed by atoms with E-state index in [0.717, 1.165) is 25.0 Å². The highest BCUT2D eigenvalue weighted by atomic mass is 15.5. The standard InChI is InChI=1S/C18H25N3/c1-4-6-9-14(3)21-17(13-18(19)20-21)16-11-7-10-15(12-16)8-5-2/h4,6-7,9-12,17H,5,8,13H2,1-3H3,(H2,19,20)/b6-4-,14-9+. The first-order chi connectivity index (χ1) is 10.2. The SMILES string of the molecule is C/C=C\C=C(/C)N1N=C(N)CC1c1cccc(CCC)c1. The summed E-state index contributed by atoms with van der Waals surface area (Å²) in [4.78, 5) is 0. The fourth-order valence-corrected chi connectivity index (χ4v) is 2.67. The molecule has 0 spiro atoms. The van der Waals surface area contributed by atoms with Gasteiger partial charge in [-0.15, -0.1) is 0 Å². The Morgan fingerprint density at radius 3 is 3.00 bits per heavy atom. The Labute approximate surface area is 127 Å². The minimum atomic E-state index is 0.211. The number of nitrogens with two attached hydrogens (primary N) is 1. The normalized spacial score (nSPS) is 19.4. The highest BCUT2D eigenvalue weighted by Crippen LogP contribution is 2.33. The molecule has 112 valence electrons. The molecule has 2 N–H and O–H groups in total. The zero-order chi connectivity index (χ0) is 15.2. The van der Waals surface area contributed by atoms with E-state index < -0.39 is 0 Å². The predicted molar refractivity (Wildman–Crippen MR) is 89.8 cm³/mol. The number of benzene rings is 1. The van der Waals surface area contributed by atoms with Gasteiger partial charge in [0.1, 0.15) is 5.84 Å². The van der Waals surface area contributed by atoms with Crippen LogP contribution in [-0.4, -0.2) is 10.8 Å². The predicted octanol–water partition coefficient (Wildman–Crippen LogP) is 4.14. The van der Waals surface area contributed by atoms with Crippen LogP contribution < -0.4 is 5.73 Å². The van der Waals surface area contributed by atoms with Crippen molar-refractivity contribution in [3.05, 3.63) is 59.3 Å². The third kappa shape index (κ3) is 3.75. The molecule has 0 bridgehead atoms. The van der Waals surface area contributed by atoms with E-state index in [9.17, 15) is 0 Å². The van der Waals surface area contributed by atoms with Gasteiger partial charge < -0.3 is 5.73 Å². The minimum Gasteiger partial charge on any atom is -0.386 e. The van der Waals surface area contributed by atoms with E-state index in [1.165, 1.54) is 11.1 Å². The van der Waals surface area contributed by atoms with E-state index in [0.29, 0.717) is 5.84 Å². The summed E-state index contributed by atoms with van der Waals surface area (Å²) in [5.74, 6) is 0.703. The fraction of sp³-hybridized carbons (Fsp3) is 0.389. The average Bonchev–Trinajstić information content (AvgIpc) is 2.87. The first-order valence-electron chi connectivity index (χ1n) is 7.66. The quantitative estimate of drug-likeness (QED) is 0.825. The highest BCUT2D eigenvalue weighted by molar-refractivity contribution is 5.82. The molecule has 0 saturated carbocycles. The van der Waals surface area contributed by atoms with Crippen molar-refractivity contribution in [3.63, 3.8) is 0 Å². The number of amidine groups is 1. The Morgan fingerprint density at radius 1 is 1.48 bits per heavy atom. The van der Waals surface area contributed by atoms with Crippen LogP contribution in [0.3, 0.4) is 0 Å².